The van der Waals surface area contributed by atoms with Gasteiger partial charge in [0.2, 0.25) is 10.0 Å². The zero-order chi connectivity index (χ0) is 20.5. The third kappa shape index (κ3) is 3.99. The molecular formula is C19H21N3O5S. The molecule has 1 saturated heterocycles. The van der Waals surface area contributed by atoms with E-state index in [4.69, 9.17) is 0 Å². The summed E-state index contributed by atoms with van der Waals surface area (Å²) < 4.78 is 26.0. The van der Waals surface area contributed by atoms with Gasteiger partial charge in [0.05, 0.1) is 16.4 Å². The molecule has 28 heavy (non-hydrogen) atoms. The molecule has 1 fully saturated rings. The van der Waals surface area contributed by atoms with Crippen LogP contribution in [0.25, 0.3) is 0 Å². The van der Waals surface area contributed by atoms with E-state index in [1.807, 2.05) is 0 Å². The molecule has 1 N–H and O–H groups in total. The molecule has 1 amide bonds. The summed E-state index contributed by atoms with van der Waals surface area (Å²) in [5.41, 5.74) is 2.15. The number of carbonyl (C=O) groups is 1. The number of nitro groups is 1. The summed E-state index contributed by atoms with van der Waals surface area (Å²) in [5.74, 6) is -0.380. The molecule has 0 radical (unpaired) electrons. The number of hydrogen-bond donors (Lipinski definition) is 1. The molecule has 0 aromatic heterocycles. The number of aryl methyl sites for hydroxylation is 2. The number of nitrogens with one attached hydrogen (secondary N) is 1. The number of nitrogens with zero attached hydrogens (tertiary/aromatic N) is 2. The second-order valence-corrected chi connectivity index (χ2v) is 8.84. The average molecular weight is 403 g/mol. The van der Waals surface area contributed by atoms with Crippen LogP contribution in [0.4, 0.5) is 17.1 Å². The van der Waals surface area contributed by atoms with Crippen LogP contribution in [0.5, 0.6) is 0 Å². The van der Waals surface area contributed by atoms with E-state index in [9.17, 15) is 23.3 Å². The van der Waals surface area contributed by atoms with Crippen molar-refractivity contribution in [2.75, 3.05) is 21.9 Å². The molecule has 2 aromatic rings. The van der Waals surface area contributed by atoms with E-state index >= 15 is 0 Å². The lowest BCUT2D eigenvalue weighted by Gasteiger charge is -2.29. The van der Waals surface area contributed by atoms with Crippen LogP contribution < -0.4 is 9.62 Å². The van der Waals surface area contributed by atoms with E-state index in [0.29, 0.717) is 35.3 Å². The van der Waals surface area contributed by atoms with Crippen molar-refractivity contribution < 1.29 is 18.1 Å². The van der Waals surface area contributed by atoms with Crippen molar-refractivity contribution in [2.24, 2.45) is 0 Å². The highest BCUT2D eigenvalue weighted by Gasteiger charge is 2.27. The van der Waals surface area contributed by atoms with Crippen molar-refractivity contribution in [3.63, 3.8) is 0 Å². The van der Waals surface area contributed by atoms with Gasteiger partial charge in [-0.25, -0.2) is 8.42 Å². The first kappa shape index (κ1) is 19.8. The Bertz CT molecular complexity index is 1050. The summed E-state index contributed by atoms with van der Waals surface area (Å²) in [4.78, 5) is 23.3. The van der Waals surface area contributed by atoms with Crippen LogP contribution in [-0.4, -0.2) is 31.5 Å². The van der Waals surface area contributed by atoms with Crippen molar-refractivity contribution in [3.05, 3.63) is 63.2 Å². The highest BCUT2D eigenvalue weighted by atomic mass is 32.2. The van der Waals surface area contributed by atoms with Crippen molar-refractivity contribution in [2.45, 2.75) is 26.7 Å². The monoisotopic (exact) mass is 403 g/mol. The minimum atomic E-state index is -3.34. The predicted molar refractivity (Wildman–Crippen MR) is 107 cm³/mol. The molecule has 0 unspecified atom stereocenters. The largest absolute Gasteiger partial charge is 0.316 e. The van der Waals surface area contributed by atoms with E-state index in [0.717, 1.165) is 6.42 Å². The van der Waals surface area contributed by atoms with Gasteiger partial charge in [0.25, 0.3) is 11.6 Å². The minimum Gasteiger partial charge on any atom is -0.316 e. The smallest absolute Gasteiger partial charge is 0.293 e. The Labute approximate surface area is 163 Å². The normalized spacial score (nSPS) is 15.9. The predicted octanol–water partition coefficient (Wildman–Crippen LogP) is 3.39. The van der Waals surface area contributed by atoms with Crippen molar-refractivity contribution in [1.29, 1.82) is 0 Å². The van der Waals surface area contributed by atoms with Crippen LogP contribution in [0.3, 0.4) is 0 Å². The van der Waals surface area contributed by atoms with Gasteiger partial charge >= 0.3 is 0 Å². The lowest BCUT2D eigenvalue weighted by molar-refractivity contribution is -0.384. The van der Waals surface area contributed by atoms with Gasteiger partial charge in [0.1, 0.15) is 5.69 Å². The lowest BCUT2D eigenvalue weighted by Crippen LogP contribution is -2.38. The van der Waals surface area contributed by atoms with Crippen molar-refractivity contribution in [3.8, 4) is 0 Å². The van der Waals surface area contributed by atoms with Crippen LogP contribution >= 0.6 is 0 Å². The summed E-state index contributed by atoms with van der Waals surface area (Å²) in [5, 5.41) is 13.8. The Morgan fingerprint density at radius 3 is 2.54 bits per heavy atom. The van der Waals surface area contributed by atoms with Gasteiger partial charge in [-0.2, -0.15) is 0 Å². The second kappa shape index (κ2) is 7.59. The maximum absolute atomic E-state index is 12.6. The molecule has 9 heteroatoms. The molecule has 1 aliphatic heterocycles. The molecule has 2 aromatic carbocycles. The maximum atomic E-state index is 12.6. The summed E-state index contributed by atoms with van der Waals surface area (Å²) in [6.45, 7) is 3.89. The third-order valence-corrected chi connectivity index (χ3v) is 6.53. The van der Waals surface area contributed by atoms with E-state index < -0.39 is 20.9 Å². The van der Waals surface area contributed by atoms with Crippen LogP contribution in [0, 0.1) is 24.0 Å². The first-order chi connectivity index (χ1) is 13.2. The zero-order valence-corrected chi connectivity index (χ0v) is 16.5. The number of amides is 1. The topological polar surface area (TPSA) is 110 Å². The molecule has 0 atom stereocenters. The van der Waals surface area contributed by atoms with Gasteiger partial charge in [0, 0.05) is 18.2 Å². The van der Waals surface area contributed by atoms with Crippen LogP contribution in [0.2, 0.25) is 0 Å². The summed E-state index contributed by atoms with van der Waals surface area (Å²) >= 11 is 0. The van der Waals surface area contributed by atoms with E-state index in [1.54, 1.807) is 32.0 Å². The number of carbonyl (C=O) groups excluding carboxylic acids is 1. The summed E-state index contributed by atoms with van der Waals surface area (Å²) in [6, 6.07) is 9.30. The Morgan fingerprint density at radius 1 is 1.14 bits per heavy atom. The number of sulfonamides is 1. The Hall–Kier alpha value is -2.94. The molecule has 0 saturated carbocycles. The highest BCUT2D eigenvalue weighted by Crippen LogP contribution is 2.29. The molecule has 1 heterocycles. The van der Waals surface area contributed by atoms with Gasteiger partial charge in [-0.05, 0) is 62.1 Å². The molecular weight excluding hydrogens is 382 g/mol. The molecule has 0 aliphatic carbocycles. The first-order valence-electron chi connectivity index (χ1n) is 8.86. The molecule has 0 spiro atoms. The van der Waals surface area contributed by atoms with Gasteiger partial charge in [-0.3, -0.25) is 19.2 Å². The number of nitro benzene ring substituents is 1. The van der Waals surface area contributed by atoms with E-state index in [1.165, 1.54) is 22.5 Å². The third-order valence-electron chi connectivity index (χ3n) is 4.68. The highest BCUT2D eigenvalue weighted by molar-refractivity contribution is 7.92. The lowest BCUT2D eigenvalue weighted by atomic mass is 10.1. The molecule has 8 nitrogen and oxygen atoms in total. The fraction of sp³-hybridized carbons (Fsp3) is 0.316. The average Bonchev–Trinajstić information content (AvgIpc) is 2.63. The first-order valence-corrected chi connectivity index (χ1v) is 10.5. The number of anilines is 2. The molecule has 148 valence electrons. The number of rotatable bonds is 4. The fourth-order valence-electron chi connectivity index (χ4n) is 3.23. The van der Waals surface area contributed by atoms with E-state index in [-0.39, 0.29) is 17.1 Å². The molecule has 1 aliphatic rings. The van der Waals surface area contributed by atoms with E-state index in [2.05, 4.69) is 5.32 Å². The van der Waals surface area contributed by atoms with Crippen LogP contribution in [0.15, 0.2) is 36.4 Å². The van der Waals surface area contributed by atoms with Crippen molar-refractivity contribution in [1.82, 2.24) is 0 Å². The quantitative estimate of drug-likeness (QED) is 0.621. The second-order valence-electron chi connectivity index (χ2n) is 6.83. The Morgan fingerprint density at radius 2 is 1.89 bits per heavy atom. The van der Waals surface area contributed by atoms with Gasteiger partial charge in [-0.1, -0.05) is 6.07 Å². The SMILES string of the molecule is Cc1ccc(NC(=O)c2ccc(N3CCCCS3(=O)=O)c(C)c2)c([N+](=O)[O-])c1. The number of benzene rings is 2. The van der Waals surface area contributed by atoms with Gasteiger partial charge < -0.3 is 5.32 Å². The molecule has 0 bridgehead atoms. The van der Waals surface area contributed by atoms with Crippen LogP contribution in [-0.2, 0) is 10.0 Å². The minimum absolute atomic E-state index is 0.112. The van der Waals surface area contributed by atoms with Crippen LogP contribution in [0.1, 0.15) is 34.3 Å². The summed E-state index contributed by atoms with van der Waals surface area (Å²) in [6.07, 6.45) is 1.44. The fourth-order valence-corrected chi connectivity index (χ4v) is 4.93. The number of hydrogen-bond acceptors (Lipinski definition) is 5. The standard InChI is InChI=1S/C19H21N3O5S/c1-13-5-7-16(18(11-13)22(24)25)20-19(23)15-6-8-17(14(2)12-15)21-9-3-4-10-28(21,26)27/h5-8,11-12H,3-4,9-10H2,1-2H3,(H,20,23). The Kier molecular flexibility index (Phi) is 5.37. The van der Waals surface area contributed by atoms with Gasteiger partial charge in [-0.15, -0.1) is 0 Å². The summed E-state index contributed by atoms with van der Waals surface area (Å²) in [7, 11) is -3.34. The Balaban J connectivity index is 1.86. The van der Waals surface area contributed by atoms with Gasteiger partial charge in [0.15, 0.2) is 0 Å². The zero-order valence-electron chi connectivity index (χ0n) is 15.6. The van der Waals surface area contributed by atoms with Crippen molar-refractivity contribution >= 4 is 33.0 Å². The maximum Gasteiger partial charge on any atom is 0.293 e. The molecule has 3 rings (SSSR count).